The maximum atomic E-state index is 2.37. The molecule has 0 N–H and O–H groups in total. The topological polar surface area (TPSA) is 6.48 Å². The number of rotatable bonds is 12. The summed E-state index contributed by atoms with van der Waals surface area (Å²) in [6.45, 7) is 0. The third-order valence-electron chi connectivity index (χ3n) is 12.0. The summed E-state index contributed by atoms with van der Waals surface area (Å²) < 4.78 is 0. The molecule has 0 saturated heterocycles. The summed E-state index contributed by atoms with van der Waals surface area (Å²) >= 11 is 0. The molecule has 0 spiro atoms. The summed E-state index contributed by atoms with van der Waals surface area (Å²) in [5, 5.41) is 5.48. The minimum absolute atomic E-state index is 1.08. The molecule has 0 amide bonds. The quantitative estimate of drug-likeness (QED) is 0.0895. The van der Waals surface area contributed by atoms with E-state index in [1.54, 1.807) is 0 Å². The zero-order chi connectivity index (χ0) is 42.3. The van der Waals surface area contributed by atoms with Gasteiger partial charge in [-0.15, -0.1) is 0 Å². The smallest absolute Gasteiger partial charge is 0.179 e. The van der Waals surface area contributed by atoms with Gasteiger partial charge in [-0.1, -0.05) is 206 Å². The zero-order valence-electron chi connectivity index (χ0n) is 35.0. The average molecular weight is 823 g/mol. The third kappa shape index (κ3) is 7.90. The SMILES string of the molecule is c1ccc(-c2ccc(N(c3ccc(-c4ccc([Si](c5ccccc5)(c5ccccc5)c5ccccc5)cc4)cc3)c3ccc(N(c4ccccc4)c4ccccc4)cc3)cc2)cc1. The fourth-order valence-corrected chi connectivity index (χ4v) is 13.8. The van der Waals surface area contributed by atoms with Crippen molar-refractivity contribution in [3.05, 3.63) is 279 Å². The monoisotopic (exact) mass is 822 g/mol. The summed E-state index contributed by atoms with van der Waals surface area (Å²) in [6, 6.07) is 101. The number of hydrogen-bond acceptors (Lipinski definition) is 2. The van der Waals surface area contributed by atoms with Crippen LogP contribution in [0, 0.1) is 0 Å². The Kier molecular flexibility index (Phi) is 11.1. The van der Waals surface area contributed by atoms with E-state index in [1.165, 1.54) is 43.0 Å². The van der Waals surface area contributed by atoms with Gasteiger partial charge >= 0.3 is 0 Å². The molecule has 3 heteroatoms. The van der Waals surface area contributed by atoms with Gasteiger partial charge in [-0.05, 0) is 116 Å². The van der Waals surface area contributed by atoms with E-state index in [4.69, 9.17) is 0 Å². The van der Waals surface area contributed by atoms with Crippen LogP contribution in [0.2, 0.25) is 0 Å². The Morgan fingerprint density at radius 3 is 0.698 bits per heavy atom. The molecule has 10 aromatic carbocycles. The van der Waals surface area contributed by atoms with Gasteiger partial charge in [0.2, 0.25) is 0 Å². The Balaban J connectivity index is 1.02. The Bertz CT molecular complexity index is 2840. The van der Waals surface area contributed by atoms with Crippen LogP contribution in [-0.4, -0.2) is 8.07 Å². The van der Waals surface area contributed by atoms with E-state index in [1.807, 2.05) is 0 Å². The van der Waals surface area contributed by atoms with Crippen LogP contribution in [0.4, 0.5) is 34.1 Å². The first kappa shape index (κ1) is 39.2. The lowest BCUT2D eigenvalue weighted by Crippen LogP contribution is -2.74. The lowest BCUT2D eigenvalue weighted by atomic mass is 10.0. The summed E-state index contributed by atoms with van der Waals surface area (Å²) in [6.07, 6.45) is 0. The van der Waals surface area contributed by atoms with Crippen molar-refractivity contribution in [1.29, 1.82) is 0 Å². The van der Waals surface area contributed by atoms with E-state index < -0.39 is 8.07 Å². The van der Waals surface area contributed by atoms with Crippen molar-refractivity contribution in [2.75, 3.05) is 9.80 Å². The van der Waals surface area contributed by atoms with E-state index >= 15 is 0 Å². The maximum Gasteiger partial charge on any atom is 0.179 e. The highest BCUT2D eigenvalue weighted by Crippen LogP contribution is 2.40. The highest BCUT2D eigenvalue weighted by atomic mass is 28.3. The molecule has 0 heterocycles. The van der Waals surface area contributed by atoms with Crippen LogP contribution in [0.15, 0.2) is 279 Å². The summed E-state index contributed by atoms with van der Waals surface area (Å²) in [4.78, 5) is 4.65. The van der Waals surface area contributed by atoms with Crippen LogP contribution in [0.1, 0.15) is 0 Å². The fourth-order valence-electron chi connectivity index (χ4n) is 9.01. The van der Waals surface area contributed by atoms with Crippen molar-refractivity contribution >= 4 is 62.9 Å². The Labute approximate surface area is 372 Å². The molecule has 300 valence electrons. The molecule has 10 aromatic rings. The molecular weight excluding hydrogens is 777 g/mol. The van der Waals surface area contributed by atoms with Gasteiger partial charge in [0, 0.05) is 34.1 Å². The third-order valence-corrected chi connectivity index (χ3v) is 16.8. The van der Waals surface area contributed by atoms with E-state index in [0.29, 0.717) is 0 Å². The molecule has 0 aliphatic carbocycles. The van der Waals surface area contributed by atoms with Crippen molar-refractivity contribution in [2.24, 2.45) is 0 Å². The molecular formula is C60H46N2Si. The second kappa shape index (κ2) is 17.9. The number of benzene rings is 10. The van der Waals surface area contributed by atoms with Gasteiger partial charge in [-0.3, -0.25) is 0 Å². The molecule has 0 unspecified atom stereocenters. The first-order valence-corrected chi connectivity index (χ1v) is 23.6. The molecule has 0 aromatic heterocycles. The minimum atomic E-state index is -2.61. The molecule has 0 fully saturated rings. The molecule has 0 saturated carbocycles. The predicted molar refractivity (Wildman–Crippen MR) is 270 cm³/mol. The van der Waals surface area contributed by atoms with E-state index in [0.717, 1.165) is 34.1 Å². The average Bonchev–Trinajstić information content (AvgIpc) is 3.37. The first-order chi connectivity index (χ1) is 31.3. The van der Waals surface area contributed by atoms with Crippen LogP contribution in [0.3, 0.4) is 0 Å². The van der Waals surface area contributed by atoms with Gasteiger partial charge in [0.1, 0.15) is 0 Å². The van der Waals surface area contributed by atoms with Gasteiger partial charge in [0.05, 0.1) is 0 Å². The number of hydrogen-bond donors (Lipinski definition) is 0. The molecule has 0 bridgehead atoms. The molecule has 0 atom stereocenters. The Morgan fingerprint density at radius 2 is 0.381 bits per heavy atom. The number of para-hydroxylation sites is 2. The van der Waals surface area contributed by atoms with Crippen molar-refractivity contribution in [3.63, 3.8) is 0 Å². The normalized spacial score (nSPS) is 11.2. The molecule has 0 aliphatic heterocycles. The van der Waals surface area contributed by atoms with Crippen molar-refractivity contribution in [3.8, 4) is 22.3 Å². The summed E-state index contributed by atoms with van der Waals surface area (Å²) in [5.74, 6) is 0. The van der Waals surface area contributed by atoms with Crippen LogP contribution in [0.25, 0.3) is 22.3 Å². The van der Waals surface area contributed by atoms with Gasteiger partial charge in [0.15, 0.2) is 8.07 Å². The molecule has 0 radical (unpaired) electrons. The molecule has 2 nitrogen and oxygen atoms in total. The highest BCUT2D eigenvalue weighted by Gasteiger charge is 2.41. The van der Waals surface area contributed by atoms with E-state index in [-0.39, 0.29) is 0 Å². The molecule has 63 heavy (non-hydrogen) atoms. The molecule has 10 rings (SSSR count). The van der Waals surface area contributed by atoms with Crippen LogP contribution in [0.5, 0.6) is 0 Å². The summed E-state index contributed by atoms with van der Waals surface area (Å²) in [5.41, 5.74) is 11.3. The predicted octanol–water partition coefficient (Wildman–Crippen LogP) is 13.3. The highest BCUT2D eigenvalue weighted by molar-refractivity contribution is 7.19. The van der Waals surface area contributed by atoms with Gasteiger partial charge in [0.25, 0.3) is 0 Å². The van der Waals surface area contributed by atoms with Crippen molar-refractivity contribution < 1.29 is 0 Å². The lowest BCUT2D eigenvalue weighted by Gasteiger charge is -2.34. The van der Waals surface area contributed by atoms with E-state index in [9.17, 15) is 0 Å². The minimum Gasteiger partial charge on any atom is -0.311 e. The largest absolute Gasteiger partial charge is 0.311 e. The zero-order valence-corrected chi connectivity index (χ0v) is 36.0. The van der Waals surface area contributed by atoms with Gasteiger partial charge in [-0.2, -0.15) is 0 Å². The lowest BCUT2D eigenvalue weighted by molar-refractivity contribution is 1.26. The molecule has 0 aliphatic rings. The standard InChI is InChI=1S/C60H46N2Si/c1-7-19-47(20-8-1)48-31-37-53(38-32-48)62(56-43-41-55(42-44-56)61(51-21-9-2-10-22-51)52-23-11-3-12-24-52)54-39-33-49(34-40-54)50-35-45-60(46-36-50)63(57-25-13-4-14-26-57,58-27-15-5-16-28-58)59-29-17-6-18-30-59/h1-46H. The van der Waals surface area contributed by atoms with Crippen LogP contribution in [-0.2, 0) is 0 Å². The Hall–Kier alpha value is -7.98. The Morgan fingerprint density at radius 1 is 0.175 bits per heavy atom. The second-order valence-corrected chi connectivity index (χ2v) is 19.6. The van der Waals surface area contributed by atoms with Crippen molar-refractivity contribution in [2.45, 2.75) is 0 Å². The van der Waals surface area contributed by atoms with E-state index in [2.05, 4.69) is 289 Å². The maximum absolute atomic E-state index is 2.61. The first-order valence-electron chi connectivity index (χ1n) is 21.6. The number of nitrogens with zero attached hydrogens (tertiary/aromatic N) is 2. The van der Waals surface area contributed by atoms with Crippen LogP contribution >= 0.6 is 0 Å². The fraction of sp³-hybridized carbons (Fsp3) is 0. The van der Waals surface area contributed by atoms with Gasteiger partial charge < -0.3 is 9.80 Å². The number of anilines is 6. The second-order valence-electron chi connectivity index (χ2n) is 15.7. The summed E-state index contributed by atoms with van der Waals surface area (Å²) in [7, 11) is -2.61. The van der Waals surface area contributed by atoms with Crippen LogP contribution < -0.4 is 30.5 Å². The van der Waals surface area contributed by atoms with Crippen molar-refractivity contribution in [1.82, 2.24) is 0 Å². The van der Waals surface area contributed by atoms with Gasteiger partial charge in [-0.25, -0.2) is 0 Å².